The maximum absolute atomic E-state index is 11.9. The van der Waals surface area contributed by atoms with Crippen molar-refractivity contribution >= 4 is 17.5 Å². The van der Waals surface area contributed by atoms with Crippen LogP contribution in [0.15, 0.2) is 36.8 Å². The minimum atomic E-state index is -0.261. The molecule has 1 aliphatic rings. The van der Waals surface area contributed by atoms with E-state index in [9.17, 15) is 4.79 Å². The number of amides is 1. The molecule has 2 aromatic heterocycles. The van der Waals surface area contributed by atoms with Crippen molar-refractivity contribution in [1.82, 2.24) is 15.0 Å². The first-order valence-electron chi connectivity index (χ1n) is 6.62. The number of carbonyl (C=O) groups is 1. The average Bonchev–Trinajstić information content (AvgIpc) is 3.03. The molecule has 0 saturated carbocycles. The summed E-state index contributed by atoms with van der Waals surface area (Å²) in [6.07, 6.45) is 7.20. The van der Waals surface area contributed by atoms with Crippen LogP contribution in [-0.2, 0) is 0 Å². The molecule has 0 aromatic carbocycles. The van der Waals surface area contributed by atoms with Crippen LogP contribution in [0.25, 0.3) is 0 Å². The van der Waals surface area contributed by atoms with E-state index in [1.54, 1.807) is 36.8 Å². The molecule has 1 amide bonds. The van der Waals surface area contributed by atoms with Gasteiger partial charge < -0.3 is 10.2 Å². The van der Waals surface area contributed by atoms with E-state index in [1.165, 1.54) is 12.8 Å². The van der Waals surface area contributed by atoms with Gasteiger partial charge in [-0.3, -0.25) is 9.78 Å². The van der Waals surface area contributed by atoms with E-state index in [-0.39, 0.29) is 5.91 Å². The number of hydrogen-bond donors (Lipinski definition) is 1. The number of anilines is 2. The minimum Gasteiger partial charge on any atom is -0.341 e. The Hall–Kier alpha value is -2.50. The Bertz CT molecular complexity index is 578. The lowest BCUT2D eigenvalue weighted by Crippen LogP contribution is -2.20. The van der Waals surface area contributed by atoms with Gasteiger partial charge in [0.05, 0.1) is 18.1 Å². The first-order chi connectivity index (χ1) is 9.83. The van der Waals surface area contributed by atoms with E-state index in [1.807, 2.05) is 0 Å². The van der Waals surface area contributed by atoms with E-state index in [2.05, 4.69) is 25.2 Å². The fraction of sp³-hybridized carbons (Fsp3) is 0.286. The molecule has 102 valence electrons. The van der Waals surface area contributed by atoms with Crippen LogP contribution in [0.3, 0.4) is 0 Å². The van der Waals surface area contributed by atoms with Gasteiger partial charge in [-0.25, -0.2) is 9.97 Å². The van der Waals surface area contributed by atoms with E-state index in [0.717, 1.165) is 19.0 Å². The maximum atomic E-state index is 11.9. The molecule has 6 nitrogen and oxygen atoms in total. The highest BCUT2D eigenvalue weighted by Crippen LogP contribution is 2.16. The molecule has 0 radical (unpaired) electrons. The zero-order valence-corrected chi connectivity index (χ0v) is 11.0. The van der Waals surface area contributed by atoms with Crippen molar-refractivity contribution in [1.29, 1.82) is 0 Å². The van der Waals surface area contributed by atoms with Gasteiger partial charge in [0.25, 0.3) is 5.91 Å². The van der Waals surface area contributed by atoms with Gasteiger partial charge in [0, 0.05) is 19.3 Å². The fourth-order valence-corrected chi connectivity index (χ4v) is 2.16. The summed E-state index contributed by atoms with van der Waals surface area (Å²) in [6.45, 7) is 2.00. The summed E-state index contributed by atoms with van der Waals surface area (Å²) >= 11 is 0. The van der Waals surface area contributed by atoms with Crippen LogP contribution in [0.1, 0.15) is 23.3 Å². The number of nitrogens with zero attached hydrogens (tertiary/aromatic N) is 4. The Morgan fingerprint density at radius 1 is 1.10 bits per heavy atom. The Labute approximate surface area is 116 Å². The van der Waals surface area contributed by atoms with Crippen LogP contribution in [-0.4, -0.2) is 33.9 Å². The number of nitrogens with one attached hydrogen (secondary N) is 1. The monoisotopic (exact) mass is 269 g/mol. The van der Waals surface area contributed by atoms with E-state index < -0.39 is 0 Å². The molecule has 2 aromatic rings. The standard InChI is InChI=1S/C14H15N5O/c20-13(12-5-1-2-6-15-12)18-11-9-16-14(17-10-11)19-7-3-4-8-19/h1-2,5-6,9-10H,3-4,7-8H2,(H,18,20). The first kappa shape index (κ1) is 12.5. The highest BCUT2D eigenvalue weighted by molar-refractivity contribution is 6.02. The minimum absolute atomic E-state index is 0.261. The van der Waals surface area contributed by atoms with Gasteiger partial charge in [-0.15, -0.1) is 0 Å². The normalized spacial score (nSPS) is 14.3. The fourth-order valence-electron chi connectivity index (χ4n) is 2.16. The number of rotatable bonds is 3. The average molecular weight is 269 g/mol. The zero-order chi connectivity index (χ0) is 13.8. The summed E-state index contributed by atoms with van der Waals surface area (Å²) in [5, 5.41) is 2.73. The summed E-state index contributed by atoms with van der Waals surface area (Å²) in [7, 11) is 0. The molecule has 0 aliphatic carbocycles. The van der Waals surface area contributed by atoms with Crippen molar-refractivity contribution in [3.8, 4) is 0 Å². The predicted molar refractivity (Wildman–Crippen MR) is 75.7 cm³/mol. The Kier molecular flexibility index (Phi) is 3.54. The van der Waals surface area contributed by atoms with Gasteiger partial charge in [0.2, 0.25) is 5.95 Å². The van der Waals surface area contributed by atoms with E-state index in [4.69, 9.17) is 0 Å². The van der Waals surface area contributed by atoms with Crippen molar-refractivity contribution in [2.75, 3.05) is 23.3 Å². The molecule has 3 heterocycles. The molecule has 3 rings (SSSR count). The number of pyridine rings is 1. The zero-order valence-electron chi connectivity index (χ0n) is 11.0. The quantitative estimate of drug-likeness (QED) is 0.918. The van der Waals surface area contributed by atoms with Gasteiger partial charge in [-0.2, -0.15) is 0 Å². The smallest absolute Gasteiger partial charge is 0.274 e. The molecule has 0 bridgehead atoms. The molecule has 1 N–H and O–H groups in total. The molecule has 0 unspecified atom stereocenters. The second kappa shape index (κ2) is 5.64. The molecule has 0 spiro atoms. The Balaban J connectivity index is 1.67. The molecule has 1 aliphatic heterocycles. The third-order valence-corrected chi connectivity index (χ3v) is 3.18. The highest BCUT2D eigenvalue weighted by atomic mass is 16.1. The molecule has 1 fully saturated rings. The predicted octanol–water partition coefficient (Wildman–Crippen LogP) is 1.72. The van der Waals surface area contributed by atoms with Gasteiger partial charge in [0.15, 0.2) is 0 Å². The van der Waals surface area contributed by atoms with Crippen LogP contribution >= 0.6 is 0 Å². The van der Waals surface area contributed by atoms with Crippen LogP contribution < -0.4 is 10.2 Å². The van der Waals surface area contributed by atoms with E-state index in [0.29, 0.717) is 11.4 Å². The number of aromatic nitrogens is 3. The lowest BCUT2D eigenvalue weighted by atomic mass is 10.3. The summed E-state index contributed by atoms with van der Waals surface area (Å²) in [5.74, 6) is 0.460. The van der Waals surface area contributed by atoms with Crippen molar-refractivity contribution in [3.63, 3.8) is 0 Å². The van der Waals surface area contributed by atoms with E-state index >= 15 is 0 Å². The van der Waals surface area contributed by atoms with Crippen LogP contribution in [0.2, 0.25) is 0 Å². The van der Waals surface area contributed by atoms with Crippen molar-refractivity contribution in [2.24, 2.45) is 0 Å². The Morgan fingerprint density at radius 3 is 2.50 bits per heavy atom. The Morgan fingerprint density at radius 2 is 1.85 bits per heavy atom. The molecule has 6 heteroatoms. The van der Waals surface area contributed by atoms with Gasteiger partial charge in [-0.1, -0.05) is 6.07 Å². The van der Waals surface area contributed by atoms with Crippen molar-refractivity contribution in [2.45, 2.75) is 12.8 Å². The molecular formula is C14H15N5O. The molecule has 0 atom stereocenters. The second-order valence-electron chi connectivity index (χ2n) is 4.63. The maximum Gasteiger partial charge on any atom is 0.274 e. The summed E-state index contributed by atoms with van der Waals surface area (Å²) in [4.78, 5) is 26.6. The largest absolute Gasteiger partial charge is 0.341 e. The highest BCUT2D eigenvalue weighted by Gasteiger charge is 2.14. The third kappa shape index (κ3) is 2.74. The SMILES string of the molecule is O=C(Nc1cnc(N2CCCC2)nc1)c1ccccn1. The second-order valence-corrected chi connectivity index (χ2v) is 4.63. The molecule has 20 heavy (non-hydrogen) atoms. The van der Waals surface area contributed by atoms with Crippen molar-refractivity contribution in [3.05, 3.63) is 42.5 Å². The molecule has 1 saturated heterocycles. The van der Waals surface area contributed by atoms with Gasteiger partial charge in [-0.05, 0) is 25.0 Å². The van der Waals surface area contributed by atoms with Crippen LogP contribution in [0.4, 0.5) is 11.6 Å². The summed E-state index contributed by atoms with van der Waals surface area (Å²) < 4.78 is 0. The third-order valence-electron chi connectivity index (χ3n) is 3.18. The first-order valence-corrected chi connectivity index (χ1v) is 6.62. The molecular weight excluding hydrogens is 254 g/mol. The van der Waals surface area contributed by atoms with Crippen molar-refractivity contribution < 1.29 is 4.79 Å². The number of carbonyl (C=O) groups excluding carboxylic acids is 1. The summed E-state index contributed by atoms with van der Waals surface area (Å²) in [6, 6.07) is 5.20. The van der Waals surface area contributed by atoms with Crippen LogP contribution in [0.5, 0.6) is 0 Å². The topological polar surface area (TPSA) is 71.0 Å². The number of hydrogen-bond acceptors (Lipinski definition) is 5. The lowest BCUT2D eigenvalue weighted by Gasteiger charge is -2.14. The van der Waals surface area contributed by atoms with Crippen LogP contribution in [0, 0.1) is 0 Å². The van der Waals surface area contributed by atoms with Gasteiger partial charge in [0.1, 0.15) is 5.69 Å². The lowest BCUT2D eigenvalue weighted by molar-refractivity contribution is 0.102. The van der Waals surface area contributed by atoms with Gasteiger partial charge >= 0.3 is 0 Å². The summed E-state index contributed by atoms with van der Waals surface area (Å²) in [5.41, 5.74) is 0.944.